The molecule has 1 aromatic heterocycles. The lowest BCUT2D eigenvalue weighted by Gasteiger charge is -2.17. The van der Waals surface area contributed by atoms with Crippen LogP contribution >= 0.6 is 11.8 Å². The van der Waals surface area contributed by atoms with Gasteiger partial charge in [0.25, 0.3) is 0 Å². The fourth-order valence-corrected chi connectivity index (χ4v) is 3.03. The fourth-order valence-electron chi connectivity index (χ4n) is 2.19. The Morgan fingerprint density at radius 2 is 1.90 bits per heavy atom. The van der Waals surface area contributed by atoms with Crippen molar-refractivity contribution in [2.24, 2.45) is 0 Å². The van der Waals surface area contributed by atoms with Gasteiger partial charge in [-0.1, -0.05) is 37.7 Å². The smallest absolute Gasteiger partial charge is 0.114 e. The molecule has 0 saturated heterocycles. The first-order chi connectivity index (χ1) is 9.74. The number of hydrogen-bond donors (Lipinski definition) is 1. The summed E-state index contributed by atoms with van der Waals surface area (Å²) < 4.78 is 5.33. The normalized spacial score (nSPS) is 12.6. The van der Waals surface area contributed by atoms with Crippen LogP contribution in [0.25, 0.3) is 0 Å². The highest BCUT2D eigenvalue weighted by Crippen LogP contribution is 2.31. The molecular weight excluding hydrogens is 266 g/mol. The second kappa shape index (κ2) is 7.55. The van der Waals surface area contributed by atoms with Gasteiger partial charge in [-0.2, -0.15) is 0 Å². The molecule has 0 fully saturated rings. The lowest BCUT2D eigenvalue weighted by molar-refractivity contribution is 0.518. The van der Waals surface area contributed by atoms with Gasteiger partial charge in [-0.3, -0.25) is 0 Å². The second-order valence-electron chi connectivity index (χ2n) is 4.93. The third-order valence-corrected chi connectivity index (χ3v) is 4.52. The van der Waals surface area contributed by atoms with E-state index in [0.717, 1.165) is 18.7 Å². The van der Waals surface area contributed by atoms with Gasteiger partial charge in [-0.25, -0.2) is 0 Å². The van der Waals surface area contributed by atoms with Crippen molar-refractivity contribution >= 4 is 11.8 Å². The van der Waals surface area contributed by atoms with Crippen LogP contribution in [0.3, 0.4) is 0 Å². The molecule has 2 rings (SSSR count). The molecule has 1 heterocycles. The largest absolute Gasteiger partial charge is 0.468 e. The molecule has 0 aliphatic heterocycles. The molecule has 3 heteroatoms. The molecule has 0 saturated carbocycles. The molecule has 108 valence electrons. The zero-order valence-corrected chi connectivity index (χ0v) is 13.3. The summed E-state index contributed by atoms with van der Waals surface area (Å²) in [5, 5.41) is 3.59. The molecule has 0 spiro atoms. The summed E-state index contributed by atoms with van der Waals surface area (Å²) in [5.74, 6) is 0.982. The summed E-state index contributed by atoms with van der Waals surface area (Å²) >= 11 is 1.75. The third kappa shape index (κ3) is 3.90. The Morgan fingerprint density at radius 3 is 2.45 bits per heavy atom. The molecule has 1 unspecified atom stereocenters. The van der Waals surface area contributed by atoms with E-state index in [1.165, 1.54) is 21.8 Å². The summed E-state index contributed by atoms with van der Waals surface area (Å²) in [4.78, 5) is 2.44. The van der Waals surface area contributed by atoms with Gasteiger partial charge in [0.1, 0.15) is 5.76 Å². The summed E-state index contributed by atoms with van der Waals surface area (Å²) in [6.07, 6.45) is 4.03. The average molecular weight is 289 g/mol. The molecule has 20 heavy (non-hydrogen) atoms. The molecule has 0 aliphatic carbocycles. The van der Waals surface area contributed by atoms with E-state index < -0.39 is 0 Å². The van der Waals surface area contributed by atoms with Crippen molar-refractivity contribution in [1.29, 1.82) is 0 Å². The van der Waals surface area contributed by atoms with E-state index in [4.69, 9.17) is 4.42 Å². The number of aryl methyl sites for hydroxylation is 1. The van der Waals surface area contributed by atoms with Crippen molar-refractivity contribution in [3.63, 3.8) is 0 Å². The minimum absolute atomic E-state index is 0.463. The predicted octanol–water partition coefficient (Wildman–Crippen LogP) is 5.19. The van der Waals surface area contributed by atoms with Gasteiger partial charge in [0.2, 0.25) is 0 Å². The highest BCUT2D eigenvalue weighted by Gasteiger charge is 2.09. The van der Waals surface area contributed by atoms with Crippen molar-refractivity contribution in [2.45, 2.75) is 49.4 Å². The molecule has 2 aromatic rings. The van der Waals surface area contributed by atoms with Crippen molar-refractivity contribution in [3.8, 4) is 0 Å². The predicted molar refractivity (Wildman–Crippen MR) is 85.3 cm³/mol. The first-order valence-corrected chi connectivity index (χ1v) is 8.11. The summed E-state index contributed by atoms with van der Waals surface area (Å²) in [7, 11) is 0. The molecule has 0 radical (unpaired) electrons. The lowest BCUT2D eigenvalue weighted by atomic mass is 10.0. The van der Waals surface area contributed by atoms with Gasteiger partial charge < -0.3 is 9.73 Å². The Labute approximate surface area is 126 Å². The van der Waals surface area contributed by atoms with E-state index in [-0.39, 0.29) is 0 Å². The third-order valence-electron chi connectivity index (χ3n) is 3.37. The van der Waals surface area contributed by atoms with Crippen LogP contribution in [0.15, 0.2) is 50.8 Å². The van der Waals surface area contributed by atoms with Crippen LogP contribution < -0.4 is 5.32 Å². The fraction of sp³-hybridized carbons (Fsp3) is 0.412. The van der Waals surface area contributed by atoms with Crippen LogP contribution in [0.2, 0.25) is 0 Å². The van der Waals surface area contributed by atoms with Gasteiger partial charge in [0.05, 0.1) is 11.2 Å². The maximum absolute atomic E-state index is 5.33. The highest BCUT2D eigenvalue weighted by atomic mass is 32.2. The van der Waals surface area contributed by atoms with E-state index >= 15 is 0 Å². The van der Waals surface area contributed by atoms with Crippen LogP contribution in [-0.4, -0.2) is 6.54 Å². The molecule has 2 nitrogen and oxygen atoms in total. The molecular formula is C17H23NOS. The number of nitrogens with one attached hydrogen (secondary N) is 1. The maximum Gasteiger partial charge on any atom is 0.114 e. The van der Waals surface area contributed by atoms with Gasteiger partial charge in [-0.05, 0) is 50.1 Å². The standard InChI is InChI=1S/C17H23NOS/c1-4-11-18-16(5-2)14-6-8-15(9-7-14)20-17-10-12-19-13(17)3/h6-10,12,16,18H,4-5,11H2,1-3H3. The van der Waals surface area contributed by atoms with Gasteiger partial charge in [0, 0.05) is 10.9 Å². The van der Waals surface area contributed by atoms with Crippen LogP contribution in [0.5, 0.6) is 0 Å². The molecule has 1 atom stereocenters. The zero-order chi connectivity index (χ0) is 14.4. The van der Waals surface area contributed by atoms with E-state index in [0.29, 0.717) is 6.04 Å². The molecule has 0 amide bonds. The van der Waals surface area contributed by atoms with E-state index in [1.54, 1.807) is 18.0 Å². The Balaban J connectivity index is 2.03. The van der Waals surface area contributed by atoms with Gasteiger partial charge in [-0.15, -0.1) is 0 Å². The van der Waals surface area contributed by atoms with Crippen molar-refractivity contribution in [2.75, 3.05) is 6.54 Å². The van der Waals surface area contributed by atoms with Crippen molar-refractivity contribution in [3.05, 3.63) is 47.9 Å². The zero-order valence-electron chi connectivity index (χ0n) is 12.5. The maximum atomic E-state index is 5.33. The Hall–Kier alpha value is -1.19. The quantitative estimate of drug-likeness (QED) is 0.759. The van der Waals surface area contributed by atoms with Gasteiger partial charge in [0.15, 0.2) is 0 Å². The SMILES string of the molecule is CCCNC(CC)c1ccc(Sc2ccoc2C)cc1. The molecule has 1 N–H and O–H groups in total. The number of benzene rings is 1. The van der Waals surface area contributed by atoms with Gasteiger partial charge >= 0.3 is 0 Å². The van der Waals surface area contributed by atoms with E-state index in [2.05, 4.69) is 43.4 Å². The van der Waals surface area contributed by atoms with E-state index in [9.17, 15) is 0 Å². The highest BCUT2D eigenvalue weighted by molar-refractivity contribution is 7.99. The average Bonchev–Trinajstić information content (AvgIpc) is 2.87. The van der Waals surface area contributed by atoms with Crippen LogP contribution in [0, 0.1) is 6.92 Å². The monoisotopic (exact) mass is 289 g/mol. The minimum atomic E-state index is 0.463. The Bertz CT molecular complexity index is 518. The summed E-state index contributed by atoms with van der Waals surface area (Å²) in [5.41, 5.74) is 1.37. The number of furan rings is 1. The van der Waals surface area contributed by atoms with Crippen LogP contribution in [-0.2, 0) is 0 Å². The van der Waals surface area contributed by atoms with Crippen molar-refractivity contribution < 1.29 is 4.42 Å². The number of rotatable bonds is 7. The topological polar surface area (TPSA) is 25.2 Å². The minimum Gasteiger partial charge on any atom is -0.468 e. The summed E-state index contributed by atoms with van der Waals surface area (Å²) in [6.45, 7) is 7.50. The Kier molecular flexibility index (Phi) is 5.74. The molecule has 1 aromatic carbocycles. The second-order valence-corrected chi connectivity index (χ2v) is 6.04. The van der Waals surface area contributed by atoms with E-state index in [1.807, 2.05) is 13.0 Å². The lowest BCUT2D eigenvalue weighted by Crippen LogP contribution is -2.21. The summed E-state index contributed by atoms with van der Waals surface area (Å²) in [6, 6.07) is 11.3. The first-order valence-electron chi connectivity index (χ1n) is 7.29. The molecule has 0 bridgehead atoms. The molecule has 0 aliphatic rings. The van der Waals surface area contributed by atoms with Crippen LogP contribution in [0.4, 0.5) is 0 Å². The van der Waals surface area contributed by atoms with Crippen LogP contribution in [0.1, 0.15) is 44.1 Å². The Morgan fingerprint density at radius 1 is 1.15 bits per heavy atom. The van der Waals surface area contributed by atoms with Crippen molar-refractivity contribution in [1.82, 2.24) is 5.32 Å². The first kappa shape index (κ1) is 15.2. The number of hydrogen-bond acceptors (Lipinski definition) is 3.